The monoisotopic (exact) mass is 376 g/mol. The molecule has 1 aromatic carbocycles. The van der Waals surface area contributed by atoms with Crippen LogP contribution in [0.3, 0.4) is 0 Å². The fourth-order valence-corrected chi connectivity index (χ4v) is 3.07. The molecule has 1 aliphatic heterocycles. The number of nitrogens with one attached hydrogen (secondary N) is 1. The number of likely N-dealkylation sites (tertiary alicyclic amines) is 1. The second-order valence-electron chi connectivity index (χ2n) is 7.83. The maximum Gasteiger partial charge on any atom is 0.408 e. The largest absolute Gasteiger partial charge is 0.481 e. The van der Waals surface area contributed by atoms with Gasteiger partial charge in [-0.2, -0.15) is 0 Å². The average Bonchev–Trinajstić information content (AvgIpc) is 2.60. The molecule has 0 aromatic heterocycles. The van der Waals surface area contributed by atoms with Gasteiger partial charge in [-0.3, -0.25) is 9.59 Å². The lowest BCUT2D eigenvalue weighted by molar-refractivity contribution is -0.146. The highest BCUT2D eigenvalue weighted by Gasteiger charge is 2.32. The first-order valence-corrected chi connectivity index (χ1v) is 9.21. The fraction of sp³-hybridized carbons (Fsp3) is 0.550. The summed E-state index contributed by atoms with van der Waals surface area (Å²) in [6.45, 7) is 6.03. The minimum absolute atomic E-state index is 0.214. The number of rotatable bonds is 5. The number of carboxylic acids is 1. The van der Waals surface area contributed by atoms with Gasteiger partial charge in [-0.15, -0.1) is 0 Å². The Balaban J connectivity index is 2.07. The number of hydrogen-bond donors (Lipinski definition) is 2. The summed E-state index contributed by atoms with van der Waals surface area (Å²) in [6, 6.07) is 8.68. The van der Waals surface area contributed by atoms with Crippen molar-refractivity contribution in [3.63, 3.8) is 0 Å². The molecule has 2 rings (SSSR count). The van der Waals surface area contributed by atoms with Crippen LogP contribution in [0.4, 0.5) is 4.79 Å². The van der Waals surface area contributed by atoms with Crippen molar-refractivity contribution in [1.29, 1.82) is 0 Å². The van der Waals surface area contributed by atoms with Crippen LogP contribution in [0.5, 0.6) is 0 Å². The van der Waals surface area contributed by atoms with Gasteiger partial charge in [0.2, 0.25) is 5.91 Å². The standard InChI is InChI=1S/C20H28N2O5/c1-20(2,3)27-19(26)21-16(13-14-7-5-4-6-8-14)17(23)22-11-9-15(10-12-22)18(24)25/h4-8,15-16H,9-13H2,1-3H3,(H,21,26)(H,24,25)/t16-/m0/s1. The van der Waals surface area contributed by atoms with Gasteiger partial charge in [-0.1, -0.05) is 30.3 Å². The normalized spacial score (nSPS) is 16.5. The zero-order valence-electron chi connectivity index (χ0n) is 16.1. The summed E-state index contributed by atoms with van der Waals surface area (Å²) in [6.07, 6.45) is 0.548. The maximum absolute atomic E-state index is 13.0. The third-order valence-corrected chi connectivity index (χ3v) is 4.43. The van der Waals surface area contributed by atoms with Crippen molar-refractivity contribution in [3.05, 3.63) is 35.9 Å². The van der Waals surface area contributed by atoms with Crippen LogP contribution in [0.2, 0.25) is 0 Å². The van der Waals surface area contributed by atoms with E-state index >= 15 is 0 Å². The number of amides is 2. The zero-order valence-corrected chi connectivity index (χ0v) is 16.1. The zero-order chi connectivity index (χ0) is 20.0. The molecule has 1 heterocycles. The van der Waals surface area contributed by atoms with Gasteiger partial charge in [0.15, 0.2) is 0 Å². The van der Waals surface area contributed by atoms with E-state index in [-0.39, 0.29) is 5.91 Å². The van der Waals surface area contributed by atoms with Gasteiger partial charge in [0.25, 0.3) is 0 Å². The van der Waals surface area contributed by atoms with Gasteiger partial charge in [-0.05, 0) is 39.2 Å². The number of alkyl carbamates (subject to hydrolysis) is 1. The topological polar surface area (TPSA) is 95.9 Å². The Morgan fingerprint density at radius 3 is 2.30 bits per heavy atom. The van der Waals surface area contributed by atoms with Crippen LogP contribution in [0.25, 0.3) is 0 Å². The summed E-state index contributed by atoms with van der Waals surface area (Å²) in [4.78, 5) is 37.9. The molecule has 7 nitrogen and oxygen atoms in total. The number of ether oxygens (including phenoxy) is 1. The van der Waals surface area contributed by atoms with Crippen molar-refractivity contribution in [2.75, 3.05) is 13.1 Å². The van der Waals surface area contributed by atoms with Gasteiger partial charge < -0.3 is 20.1 Å². The number of hydrogen-bond acceptors (Lipinski definition) is 4. The minimum atomic E-state index is -0.824. The molecule has 0 aliphatic carbocycles. The number of carbonyl (C=O) groups excluding carboxylic acids is 2. The third kappa shape index (κ3) is 6.58. The number of nitrogens with zero attached hydrogens (tertiary/aromatic N) is 1. The fourth-order valence-electron chi connectivity index (χ4n) is 3.07. The van der Waals surface area contributed by atoms with Crippen molar-refractivity contribution in [2.45, 2.75) is 51.7 Å². The lowest BCUT2D eigenvalue weighted by Crippen LogP contribution is -2.52. The van der Waals surface area contributed by atoms with Gasteiger partial charge in [0, 0.05) is 19.5 Å². The number of carbonyl (C=O) groups is 3. The molecule has 0 spiro atoms. The predicted octanol–water partition coefficient (Wildman–Crippen LogP) is 2.45. The maximum atomic E-state index is 13.0. The lowest BCUT2D eigenvalue weighted by Gasteiger charge is -2.33. The van der Waals surface area contributed by atoms with E-state index in [1.54, 1.807) is 25.7 Å². The minimum Gasteiger partial charge on any atom is -0.481 e. The molecule has 1 atom stereocenters. The van der Waals surface area contributed by atoms with Crippen molar-refractivity contribution in [2.24, 2.45) is 5.92 Å². The Morgan fingerprint density at radius 1 is 1.19 bits per heavy atom. The Labute approximate surface area is 159 Å². The summed E-state index contributed by atoms with van der Waals surface area (Å²) in [5.74, 6) is -1.45. The number of piperidine rings is 1. The summed E-state index contributed by atoms with van der Waals surface area (Å²) >= 11 is 0. The van der Waals surface area contributed by atoms with Gasteiger partial charge in [-0.25, -0.2) is 4.79 Å². The van der Waals surface area contributed by atoms with E-state index in [9.17, 15) is 14.4 Å². The van der Waals surface area contributed by atoms with E-state index < -0.39 is 29.6 Å². The first kappa shape index (κ1) is 20.7. The van der Waals surface area contributed by atoms with E-state index in [1.165, 1.54) is 0 Å². The summed E-state index contributed by atoms with van der Waals surface area (Å²) in [5.41, 5.74) is 0.261. The van der Waals surface area contributed by atoms with E-state index in [1.807, 2.05) is 30.3 Å². The molecule has 0 bridgehead atoms. The predicted molar refractivity (Wildman–Crippen MR) is 100 cm³/mol. The van der Waals surface area contributed by atoms with Crippen LogP contribution >= 0.6 is 0 Å². The van der Waals surface area contributed by atoms with Gasteiger partial charge >= 0.3 is 12.1 Å². The van der Waals surface area contributed by atoms with Crippen LogP contribution in [0.15, 0.2) is 30.3 Å². The second-order valence-corrected chi connectivity index (χ2v) is 7.83. The molecule has 148 valence electrons. The number of benzene rings is 1. The molecule has 1 aromatic rings. The van der Waals surface area contributed by atoms with Crippen molar-refractivity contribution in [3.8, 4) is 0 Å². The average molecular weight is 376 g/mol. The first-order chi connectivity index (χ1) is 12.7. The molecule has 1 aliphatic rings. The molecule has 0 unspecified atom stereocenters. The van der Waals surface area contributed by atoms with E-state index in [0.717, 1.165) is 5.56 Å². The van der Waals surface area contributed by atoms with E-state index in [0.29, 0.717) is 32.4 Å². The molecule has 1 saturated heterocycles. The molecule has 0 saturated carbocycles. The van der Waals surface area contributed by atoms with Crippen LogP contribution < -0.4 is 5.32 Å². The third-order valence-electron chi connectivity index (χ3n) is 4.43. The van der Waals surface area contributed by atoms with Crippen molar-refractivity contribution < 1.29 is 24.2 Å². The summed E-state index contributed by atoms with van der Waals surface area (Å²) in [5, 5.41) is 11.8. The smallest absolute Gasteiger partial charge is 0.408 e. The van der Waals surface area contributed by atoms with E-state index in [4.69, 9.17) is 9.84 Å². The number of aliphatic carboxylic acids is 1. The Hall–Kier alpha value is -2.57. The molecule has 1 fully saturated rings. The van der Waals surface area contributed by atoms with Gasteiger partial charge in [0.05, 0.1) is 5.92 Å². The quantitative estimate of drug-likeness (QED) is 0.823. The Bertz CT molecular complexity index is 661. The lowest BCUT2D eigenvalue weighted by atomic mass is 9.96. The molecule has 7 heteroatoms. The van der Waals surface area contributed by atoms with Crippen LogP contribution in [-0.2, 0) is 20.7 Å². The van der Waals surface area contributed by atoms with Crippen LogP contribution in [0.1, 0.15) is 39.2 Å². The first-order valence-electron chi connectivity index (χ1n) is 9.21. The van der Waals surface area contributed by atoms with Gasteiger partial charge in [0.1, 0.15) is 11.6 Å². The highest BCUT2D eigenvalue weighted by molar-refractivity contribution is 5.86. The second kappa shape index (κ2) is 8.88. The molecule has 0 radical (unpaired) electrons. The molecule has 2 amide bonds. The highest BCUT2D eigenvalue weighted by atomic mass is 16.6. The highest BCUT2D eigenvalue weighted by Crippen LogP contribution is 2.19. The SMILES string of the molecule is CC(C)(C)OC(=O)N[C@@H](Cc1ccccc1)C(=O)N1CCC(C(=O)O)CC1. The van der Waals surface area contributed by atoms with Crippen LogP contribution in [0, 0.1) is 5.92 Å². The Morgan fingerprint density at radius 2 is 1.78 bits per heavy atom. The molecular formula is C20H28N2O5. The summed E-state index contributed by atoms with van der Waals surface area (Å²) < 4.78 is 5.29. The summed E-state index contributed by atoms with van der Waals surface area (Å²) in [7, 11) is 0. The Kier molecular flexibility index (Phi) is 6.82. The van der Waals surface area contributed by atoms with Crippen molar-refractivity contribution in [1.82, 2.24) is 10.2 Å². The van der Waals surface area contributed by atoms with Crippen LogP contribution in [-0.4, -0.2) is 52.7 Å². The van der Waals surface area contributed by atoms with Crippen molar-refractivity contribution >= 4 is 18.0 Å². The van der Waals surface area contributed by atoms with E-state index in [2.05, 4.69) is 5.32 Å². The molecular weight excluding hydrogens is 348 g/mol. The number of carboxylic acid groups (broad SMARTS) is 1. The molecule has 2 N–H and O–H groups in total. The molecule has 27 heavy (non-hydrogen) atoms.